The highest BCUT2D eigenvalue weighted by atomic mass is 35.5. The van der Waals surface area contributed by atoms with Gasteiger partial charge in [0.15, 0.2) is 0 Å². The van der Waals surface area contributed by atoms with Gasteiger partial charge in [0.1, 0.15) is 0 Å². The molecule has 1 nitrogen and oxygen atoms in total. The van der Waals surface area contributed by atoms with Gasteiger partial charge in [0, 0.05) is 15.5 Å². The summed E-state index contributed by atoms with van der Waals surface area (Å²) >= 11 is 13.4. The molecule has 0 spiro atoms. The molecule has 0 amide bonds. The lowest BCUT2D eigenvalue weighted by atomic mass is 10.1. The minimum atomic E-state index is -0.0706. The molecule has 0 saturated heterocycles. The summed E-state index contributed by atoms with van der Waals surface area (Å²) in [6.07, 6.45) is 0. The first-order chi connectivity index (χ1) is 7.99. The Balaban J connectivity index is 2.47. The van der Waals surface area contributed by atoms with Gasteiger partial charge >= 0.3 is 0 Å². The van der Waals surface area contributed by atoms with E-state index in [1.54, 1.807) is 18.2 Å². The Kier molecular flexibility index (Phi) is 3.57. The van der Waals surface area contributed by atoms with Crippen LogP contribution in [-0.4, -0.2) is 5.78 Å². The molecule has 1 aromatic carbocycles. The van der Waals surface area contributed by atoms with Gasteiger partial charge in [-0.2, -0.15) is 0 Å². The summed E-state index contributed by atoms with van der Waals surface area (Å²) in [6, 6.07) is 6.81. The Morgan fingerprint density at radius 1 is 1.18 bits per heavy atom. The number of halogens is 2. The Labute approximate surface area is 114 Å². The van der Waals surface area contributed by atoms with E-state index in [4.69, 9.17) is 23.2 Å². The summed E-state index contributed by atoms with van der Waals surface area (Å²) in [7, 11) is 0. The van der Waals surface area contributed by atoms with Crippen molar-refractivity contribution in [3.05, 3.63) is 55.2 Å². The first-order valence-electron chi connectivity index (χ1n) is 5.06. The van der Waals surface area contributed by atoms with Gasteiger partial charge < -0.3 is 0 Å². The normalized spacial score (nSPS) is 10.6. The Hall–Kier alpha value is -0.830. The molecule has 17 heavy (non-hydrogen) atoms. The van der Waals surface area contributed by atoms with Crippen LogP contribution in [-0.2, 0) is 0 Å². The molecule has 1 aromatic heterocycles. The van der Waals surface area contributed by atoms with E-state index in [0.717, 1.165) is 10.4 Å². The van der Waals surface area contributed by atoms with E-state index in [1.165, 1.54) is 11.3 Å². The molecule has 0 fully saturated rings. The SMILES string of the molecule is Cc1cc(C(=O)c2cc(Cl)ccc2Cl)sc1C. The molecule has 0 unspecified atom stereocenters. The second kappa shape index (κ2) is 4.81. The van der Waals surface area contributed by atoms with Crippen LogP contribution in [0.2, 0.25) is 10.0 Å². The summed E-state index contributed by atoms with van der Waals surface area (Å²) in [5, 5.41) is 0.950. The lowest BCUT2D eigenvalue weighted by molar-refractivity contribution is 0.104. The summed E-state index contributed by atoms with van der Waals surface area (Å²) in [5.74, 6) is -0.0706. The maximum absolute atomic E-state index is 12.3. The summed E-state index contributed by atoms with van der Waals surface area (Å²) in [5.41, 5.74) is 1.58. The average molecular weight is 285 g/mol. The third-order valence-electron chi connectivity index (χ3n) is 2.56. The highest BCUT2D eigenvalue weighted by Gasteiger charge is 2.16. The minimum Gasteiger partial charge on any atom is -0.288 e. The van der Waals surface area contributed by atoms with E-state index >= 15 is 0 Å². The van der Waals surface area contributed by atoms with Crippen molar-refractivity contribution in [2.24, 2.45) is 0 Å². The van der Waals surface area contributed by atoms with Gasteiger partial charge in [-0.05, 0) is 43.7 Å². The molecule has 0 saturated carbocycles. The van der Waals surface area contributed by atoms with Crippen LogP contribution in [0.3, 0.4) is 0 Å². The minimum absolute atomic E-state index is 0.0706. The van der Waals surface area contributed by atoms with Crippen molar-refractivity contribution in [3.63, 3.8) is 0 Å². The number of carbonyl (C=O) groups excluding carboxylic acids is 1. The molecule has 0 radical (unpaired) electrons. The fraction of sp³-hybridized carbons (Fsp3) is 0.154. The Bertz CT molecular complexity index is 568. The molecule has 2 aromatic rings. The summed E-state index contributed by atoms with van der Waals surface area (Å²) < 4.78 is 0. The first-order valence-corrected chi connectivity index (χ1v) is 6.63. The van der Waals surface area contributed by atoms with Crippen LogP contribution in [0, 0.1) is 13.8 Å². The molecule has 0 aliphatic carbocycles. The zero-order valence-electron chi connectivity index (χ0n) is 9.38. The van der Waals surface area contributed by atoms with Crippen molar-refractivity contribution >= 4 is 40.3 Å². The van der Waals surface area contributed by atoms with Crippen LogP contribution in [0.5, 0.6) is 0 Å². The number of ketones is 1. The van der Waals surface area contributed by atoms with E-state index in [0.29, 0.717) is 20.5 Å². The van der Waals surface area contributed by atoms with Crippen LogP contribution in [0.4, 0.5) is 0 Å². The fourth-order valence-corrected chi connectivity index (χ4v) is 2.85. The van der Waals surface area contributed by atoms with Crippen LogP contribution < -0.4 is 0 Å². The lowest BCUT2D eigenvalue weighted by Gasteiger charge is -2.01. The number of benzene rings is 1. The van der Waals surface area contributed by atoms with E-state index in [1.807, 2.05) is 19.9 Å². The van der Waals surface area contributed by atoms with Gasteiger partial charge in [-0.25, -0.2) is 0 Å². The summed E-state index contributed by atoms with van der Waals surface area (Å²) in [4.78, 5) is 14.1. The molecule has 4 heteroatoms. The van der Waals surface area contributed by atoms with Crippen molar-refractivity contribution in [1.29, 1.82) is 0 Å². The predicted molar refractivity (Wildman–Crippen MR) is 73.7 cm³/mol. The Morgan fingerprint density at radius 2 is 1.88 bits per heavy atom. The molecule has 1 heterocycles. The largest absolute Gasteiger partial charge is 0.288 e. The van der Waals surface area contributed by atoms with Crippen molar-refractivity contribution in [2.45, 2.75) is 13.8 Å². The second-order valence-corrected chi connectivity index (χ2v) is 5.90. The molecule has 0 atom stereocenters. The number of rotatable bonds is 2. The third-order valence-corrected chi connectivity index (χ3v) is 4.28. The summed E-state index contributed by atoms with van der Waals surface area (Å²) in [6.45, 7) is 3.98. The monoisotopic (exact) mass is 284 g/mol. The van der Waals surface area contributed by atoms with E-state index in [2.05, 4.69) is 0 Å². The number of carbonyl (C=O) groups is 1. The molecule has 0 N–H and O–H groups in total. The van der Waals surface area contributed by atoms with Crippen molar-refractivity contribution in [2.75, 3.05) is 0 Å². The van der Waals surface area contributed by atoms with Crippen LogP contribution >= 0.6 is 34.5 Å². The van der Waals surface area contributed by atoms with Gasteiger partial charge in [0.2, 0.25) is 5.78 Å². The van der Waals surface area contributed by atoms with E-state index in [9.17, 15) is 4.79 Å². The van der Waals surface area contributed by atoms with Crippen LogP contribution in [0.15, 0.2) is 24.3 Å². The maximum atomic E-state index is 12.3. The maximum Gasteiger partial charge on any atom is 0.204 e. The number of aryl methyl sites for hydroxylation is 2. The lowest BCUT2D eigenvalue weighted by Crippen LogP contribution is -1.99. The van der Waals surface area contributed by atoms with Gasteiger partial charge in [0.25, 0.3) is 0 Å². The zero-order valence-corrected chi connectivity index (χ0v) is 11.7. The molecular formula is C13H10Cl2OS. The topological polar surface area (TPSA) is 17.1 Å². The molecule has 0 aliphatic rings. The predicted octanol–water partition coefficient (Wildman–Crippen LogP) is 4.90. The van der Waals surface area contributed by atoms with Crippen LogP contribution in [0.25, 0.3) is 0 Å². The average Bonchev–Trinajstić information content (AvgIpc) is 2.62. The van der Waals surface area contributed by atoms with Gasteiger partial charge in [-0.1, -0.05) is 23.2 Å². The molecular weight excluding hydrogens is 275 g/mol. The highest BCUT2D eigenvalue weighted by molar-refractivity contribution is 7.14. The zero-order chi connectivity index (χ0) is 12.6. The molecule has 88 valence electrons. The number of hydrogen-bond donors (Lipinski definition) is 0. The van der Waals surface area contributed by atoms with Crippen molar-refractivity contribution in [3.8, 4) is 0 Å². The van der Waals surface area contributed by atoms with Crippen LogP contribution in [0.1, 0.15) is 25.7 Å². The van der Waals surface area contributed by atoms with E-state index in [-0.39, 0.29) is 5.78 Å². The third kappa shape index (κ3) is 2.54. The van der Waals surface area contributed by atoms with E-state index < -0.39 is 0 Å². The standard InChI is InChI=1S/C13H10Cl2OS/c1-7-5-12(17-8(7)2)13(16)10-6-9(14)3-4-11(10)15/h3-6H,1-2H3. The quantitative estimate of drug-likeness (QED) is 0.717. The highest BCUT2D eigenvalue weighted by Crippen LogP contribution is 2.27. The number of hydrogen-bond acceptors (Lipinski definition) is 2. The van der Waals surface area contributed by atoms with Crippen molar-refractivity contribution in [1.82, 2.24) is 0 Å². The van der Waals surface area contributed by atoms with Crippen molar-refractivity contribution < 1.29 is 4.79 Å². The smallest absolute Gasteiger partial charge is 0.204 e. The van der Waals surface area contributed by atoms with Gasteiger partial charge in [-0.3, -0.25) is 4.79 Å². The molecule has 2 rings (SSSR count). The number of thiophene rings is 1. The fourth-order valence-electron chi connectivity index (χ4n) is 1.49. The van der Waals surface area contributed by atoms with Gasteiger partial charge in [-0.15, -0.1) is 11.3 Å². The first kappa shape index (κ1) is 12.6. The van der Waals surface area contributed by atoms with Gasteiger partial charge in [0.05, 0.1) is 9.90 Å². The molecule has 0 aliphatic heterocycles. The Morgan fingerprint density at radius 3 is 2.47 bits per heavy atom. The second-order valence-electron chi connectivity index (χ2n) is 3.80. The molecule has 0 bridgehead atoms.